The fourth-order valence-electron chi connectivity index (χ4n) is 4.04. The van der Waals surface area contributed by atoms with Crippen LogP contribution in [0.15, 0.2) is 67.0 Å². The van der Waals surface area contributed by atoms with Crippen LogP contribution in [0.5, 0.6) is 0 Å². The number of anilines is 1. The molecule has 5 rings (SSSR count). The topological polar surface area (TPSA) is 45.2 Å². The first-order chi connectivity index (χ1) is 14.2. The maximum atomic E-state index is 4.92. The number of hydrogen-bond acceptors (Lipinski definition) is 5. The van der Waals surface area contributed by atoms with Crippen LogP contribution >= 0.6 is 0 Å². The van der Waals surface area contributed by atoms with Gasteiger partial charge < -0.3 is 4.90 Å². The third-order valence-corrected chi connectivity index (χ3v) is 5.44. The zero-order valence-corrected chi connectivity index (χ0v) is 16.7. The van der Waals surface area contributed by atoms with Gasteiger partial charge in [0.2, 0.25) is 0 Å². The standard InChI is InChI=1S/C24H23N5/c1-28-15-19-10-9-17(12-20(19)16-28)14-29(2)24-21-7-3-4-8-22(21)26-23(27-24)18-6-5-11-25-13-18/h3-13H,14-16H2,1-2H3. The number of benzene rings is 2. The van der Waals surface area contributed by atoms with Crippen molar-refractivity contribution in [3.63, 3.8) is 0 Å². The van der Waals surface area contributed by atoms with Crippen molar-refractivity contribution in [2.75, 3.05) is 19.0 Å². The van der Waals surface area contributed by atoms with Crippen molar-refractivity contribution in [3.05, 3.63) is 83.7 Å². The molecule has 3 heterocycles. The third-order valence-electron chi connectivity index (χ3n) is 5.44. The van der Waals surface area contributed by atoms with Crippen LogP contribution in [0, 0.1) is 0 Å². The molecule has 0 saturated carbocycles. The molecule has 0 radical (unpaired) electrons. The first-order valence-electron chi connectivity index (χ1n) is 9.85. The molecule has 0 bridgehead atoms. The molecule has 0 atom stereocenters. The molecule has 1 aliphatic rings. The van der Waals surface area contributed by atoms with Crippen molar-refractivity contribution in [3.8, 4) is 11.4 Å². The minimum atomic E-state index is 0.703. The van der Waals surface area contributed by atoms with Gasteiger partial charge in [-0.15, -0.1) is 0 Å². The van der Waals surface area contributed by atoms with E-state index in [-0.39, 0.29) is 0 Å². The summed E-state index contributed by atoms with van der Waals surface area (Å²) in [6, 6.07) is 18.9. The van der Waals surface area contributed by atoms with E-state index < -0.39 is 0 Å². The summed E-state index contributed by atoms with van der Waals surface area (Å²) in [6.07, 6.45) is 3.58. The second-order valence-corrected chi connectivity index (χ2v) is 7.76. The first-order valence-corrected chi connectivity index (χ1v) is 9.85. The Hall–Kier alpha value is -3.31. The zero-order valence-electron chi connectivity index (χ0n) is 16.7. The maximum absolute atomic E-state index is 4.92. The van der Waals surface area contributed by atoms with Gasteiger partial charge in [-0.3, -0.25) is 9.88 Å². The molecule has 0 aliphatic carbocycles. The SMILES string of the molecule is CN1Cc2ccc(CN(C)c3nc(-c4cccnc4)nc4ccccc34)cc2C1. The summed E-state index contributed by atoms with van der Waals surface area (Å²) in [7, 11) is 4.26. The minimum absolute atomic E-state index is 0.703. The number of pyridine rings is 1. The highest BCUT2D eigenvalue weighted by atomic mass is 15.2. The molecule has 144 valence electrons. The highest BCUT2D eigenvalue weighted by molar-refractivity contribution is 5.90. The van der Waals surface area contributed by atoms with Crippen LogP contribution in [0.4, 0.5) is 5.82 Å². The first kappa shape index (κ1) is 17.8. The lowest BCUT2D eigenvalue weighted by Gasteiger charge is -2.21. The molecule has 2 aromatic heterocycles. The monoisotopic (exact) mass is 381 g/mol. The number of nitrogens with zero attached hydrogens (tertiary/aromatic N) is 5. The highest BCUT2D eigenvalue weighted by Crippen LogP contribution is 2.28. The third kappa shape index (κ3) is 3.45. The van der Waals surface area contributed by atoms with Gasteiger partial charge >= 0.3 is 0 Å². The van der Waals surface area contributed by atoms with E-state index in [9.17, 15) is 0 Å². The molecule has 1 aliphatic heterocycles. The van der Waals surface area contributed by atoms with Gasteiger partial charge in [0, 0.05) is 50.0 Å². The summed E-state index contributed by atoms with van der Waals surface area (Å²) < 4.78 is 0. The van der Waals surface area contributed by atoms with Crippen LogP contribution in [-0.2, 0) is 19.6 Å². The molecule has 0 saturated heterocycles. The average molecular weight is 381 g/mol. The van der Waals surface area contributed by atoms with Gasteiger partial charge in [0.25, 0.3) is 0 Å². The van der Waals surface area contributed by atoms with E-state index in [1.165, 1.54) is 16.7 Å². The summed E-state index contributed by atoms with van der Waals surface area (Å²) in [5.41, 5.74) is 6.03. The molecule has 5 heteroatoms. The number of rotatable bonds is 4. The Kier molecular flexibility index (Phi) is 4.45. The average Bonchev–Trinajstić information content (AvgIpc) is 3.13. The van der Waals surface area contributed by atoms with Gasteiger partial charge in [-0.2, -0.15) is 0 Å². The summed E-state index contributed by atoms with van der Waals surface area (Å²) in [4.78, 5) is 18.5. The van der Waals surface area contributed by atoms with E-state index in [1.807, 2.05) is 36.5 Å². The molecule has 0 fully saturated rings. The molecule has 5 nitrogen and oxygen atoms in total. The van der Waals surface area contributed by atoms with Crippen LogP contribution in [0.3, 0.4) is 0 Å². The van der Waals surface area contributed by atoms with E-state index in [4.69, 9.17) is 9.97 Å². The minimum Gasteiger partial charge on any atom is -0.355 e. The Bertz CT molecular complexity index is 1170. The fraction of sp³-hybridized carbons (Fsp3) is 0.208. The quantitative estimate of drug-likeness (QED) is 0.528. The van der Waals surface area contributed by atoms with Gasteiger partial charge in [0.05, 0.1) is 5.52 Å². The van der Waals surface area contributed by atoms with Crippen LogP contribution in [0.25, 0.3) is 22.3 Å². The van der Waals surface area contributed by atoms with Crippen molar-refractivity contribution < 1.29 is 0 Å². The molecule has 0 unspecified atom stereocenters. The Balaban J connectivity index is 1.53. The predicted octanol–water partition coefficient (Wildman–Crippen LogP) is 4.27. The second kappa shape index (κ2) is 7.26. The molecule has 0 spiro atoms. The molecular weight excluding hydrogens is 358 g/mol. The number of para-hydroxylation sites is 1. The summed E-state index contributed by atoms with van der Waals surface area (Å²) >= 11 is 0. The molecule has 0 amide bonds. The summed E-state index contributed by atoms with van der Waals surface area (Å²) in [5.74, 6) is 1.64. The highest BCUT2D eigenvalue weighted by Gasteiger charge is 2.17. The van der Waals surface area contributed by atoms with E-state index in [2.05, 4.69) is 53.1 Å². The number of hydrogen-bond donors (Lipinski definition) is 0. The van der Waals surface area contributed by atoms with Gasteiger partial charge in [-0.1, -0.05) is 30.3 Å². The lowest BCUT2D eigenvalue weighted by Crippen LogP contribution is -2.19. The Labute approximate surface area is 170 Å². The fourth-order valence-corrected chi connectivity index (χ4v) is 4.04. The van der Waals surface area contributed by atoms with Crippen LogP contribution in [0.1, 0.15) is 16.7 Å². The zero-order chi connectivity index (χ0) is 19.8. The molecule has 2 aromatic carbocycles. The second-order valence-electron chi connectivity index (χ2n) is 7.76. The summed E-state index contributed by atoms with van der Waals surface area (Å²) in [6.45, 7) is 2.86. The normalized spacial score (nSPS) is 13.6. The van der Waals surface area contributed by atoms with E-state index in [0.717, 1.165) is 41.9 Å². The lowest BCUT2D eigenvalue weighted by atomic mass is 10.1. The van der Waals surface area contributed by atoms with Crippen LogP contribution < -0.4 is 4.90 Å². The van der Waals surface area contributed by atoms with Crippen LogP contribution in [0.2, 0.25) is 0 Å². The molecule has 0 N–H and O–H groups in total. The smallest absolute Gasteiger partial charge is 0.163 e. The lowest BCUT2D eigenvalue weighted by molar-refractivity contribution is 0.353. The number of fused-ring (bicyclic) bond motifs is 2. The van der Waals surface area contributed by atoms with E-state index in [1.54, 1.807) is 6.20 Å². The predicted molar refractivity (Wildman–Crippen MR) is 116 cm³/mol. The van der Waals surface area contributed by atoms with E-state index >= 15 is 0 Å². The van der Waals surface area contributed by atoms with Crippen molar-refractivity contribution in [2.24, 2.45) is 0 Å². The number of aromatic nitrogens is 3. The maximum Gasteiger partial charge on any atom is 0.163 e. The van der Waals surface area contributed by atoms with Gasteiger partial charge in [0.15, 0.2) is 5.82 Å². The van der Waals surface area contributed by atoms with Gasteiger partial charge in [-0.25, -0.2) is 9.97 Å². The van der Waals surface area contributed by atoms with Gasteiger partial charge in [-0.05, 0) is 48.0 Å². The van der Waals surface area contributed by atoms with E-state index in [0.29, 0.717) is 5.82 Å². The Morgan fingerprint density at radius 1 is 0.966 bits per heavy atom. The van der Waals surface area contributed by atoms with Crippen molar-refractivity contribution >= 4 is 16.7 Å². The van der Waals surface area contributed by atoms with Gasteiger partial charge in [0.1, 0.15) is 5.82 Å². The van der Waals surface area contributed by atoms with Crippen molar-refractivity contribution in [2.45, 2.75) is 19.6 Å². The van der Waals surface area contributed by atoms with Crippen LogP contribution in [-0.4, -0.2) is 33.9 Å². The Morgan fingerprint density at radius 2 is 1.83 bits per heavy atom. The Morgan fingerprint density at radius 3 is 2.69 bits per heavy atom. The molecule has 29 heavy (non-hydrogen) atoms. The molecule has 4 aromatic rings. The summed E-state index contributed by atoms with van der Waals surface area (Å²) in [5, 5.41) is 1.06. The van der Waals surface area contributed by atoms with Crippen molar-refractivity contribution in [1.29, 1.82) is 0 Å². The van der Waals surface area contributed by atoms with Crippen molar-refractivity contribution in [1.82, 2.24) is 19.9 Å². The largest absolute Gasteiger partial charge is 0.355 e. The molecular formula is C24H23N5.